The fourth-order valence-electron chi connectivity index (χ4n) is 1.79. The minimum Gasteiger partial charge on any atom is -0.352 e. The average Bonchev–Trinajstić information content (AvgIpc) is 3.13. The monoisotopic (exact) mass is 276 g/mol. The highest BCUT2D eigenvalue weighted by Crippen LogP contribution is 2.18. The molecule has 7 nitrogen and oxygen atoms in total. The van der Waals surface area contributed by atoms with Gasteiger partial charge in [-0.1, -0.05) is 0 Å². The van der Waals surface area contributed by atoms with E-state index >= 15 is 0 Å². The quantitative estimate of drug-likeness (QED) is 0.564. The minimum atomic E-state index is -3.56. The number of carbonyl (C=O) groups is 1. The van der Waals surface area contributed by atoms with Gasteiger partial charge >= 0.3 is 0 Å². The summed E-state index contributed by atoms with van der Waals surface area (Å²) in [5, 5.41) is 5.87. The normalized spacial score (nSPS) is 23.6. The van der Waals surface area contributed by atoms with Crippen LogP contribution in [0.5, 0.6) is 0 Å². The molecule has 1 amide bonds. The first-order valence-corrected chi connectivity index (χ1v) is 7.71. The maximum Gasteiger partial charge on any atom is 0.280 e. The summed E-state index contributed by atoms with van der Waals surface area (Å²) in [5.41, 5.74) is 0. The summed E-state index contributed by atoms with van der Waals surface area (Å²) < 4.78 is 27.8. The van der Waals surface area contributed by atoms with Gasteiger partial charge in [0.25, 0.3) is 10.2 Å². The van der Waals surface area contributed by atoms with E-state index in [4.69, 9.17) is 0 Å². The molecular formula is C10H20N4O3S. The van der Waals surface area contributed by atoms with E-state index in [2.05, 4.69) is 15.4 Å². The van der Waals surface area contributed by atoms with Crippen molar-refractivity contribution in [2.45, 2.75) is 31.8 Å². The van der Waals surface area contributed by atoms with Crippen LogP contribution in [-0.2, 0) is 15.0 Å². The highest BCUT2D eigenvalue weighted by molar-refractivity contribution is 7.87. The lowest BCUT2D eigenvalue weighted by Gasteiger charge is -2.27. The van der Waals surface area contributed by atoms with E-state index in [0.29, 0.717) is 26.2 Å². The van der Waals surface area contributed by atoms with E-state index in [1.165, 1.54) is 4.31 Å². The van der Waals surface area contributed by atoms with Gasteiger partial charge in [-0.3, -0.25) is 4.79 Å². The molecule has 0 radical (unpaired) electrons. The zero-order chi connectivity index (χ0) is 13.2. The topological polar surface area (TPSA) is 90.5 Å². The highest BCUT2D eigenvalue weighted by atomic mass is 32.2. The standard InChI is InChI=1S/C10H20N4O3S/c1-8(10(15)12-9-2-3-9)13-18(16,17)14-6-4-11-5-7-14/h8-9,11,13H,2-7H2,1H3,(H,12,15). The van der Waals surface area contributed by atoms with Gasteiger partial charge in [0, 0.05) is 32.2 Å². The van der Waals surface area contributed by atoms with E-state index in [1.54, 1.807) is 6.92 Å². The molecule has 0 spiro atoms. The summed E-state index contributed by atoms with van der Waals surface area (Å²) in [7, 11) is -3.56. The van der Waals surface area contributed by atoms with Crippen LogP contribution in [0.3, 0.4) is 0 Å². The first-order chi connectivity index (χ1) is 8.49. The van der Waals surface area contributed by atoms with E-state index < -0.39 is 16.3 Å². The molecule has 1 saturated carbocycles. The van der Waals surface area contributed by atoms with Crippen LogP contribution in [0, 0.1) is 0 Å². The van der Waals surface area contributed by atoms with Crippen molar-refractivity contribution in [3.05, 3.63) is 0 Å². The Morgan fingerprint density at radius 2 is 1.94 bits per heavy atom. The number of piperazine rings is 1. The van der Waals surface area contributed by atoms with E-state index in [-0.39, 0.29) is 11.9 Å². The Balaban J connectivity index is 1.87. The van der Waals surface area contributed by atoms with Crippen molar-refractivity contribution in [1.82, 2.24) is 19.7 Å². The van der Waals surface area contributed by atoms with Gasteiger partial charge in [0.15, 0.2) is 0 Å². The number of carbonyl (C=O) groups excluding carboxylic acids is 1. The Labute approximate surface area is 107 Å². The largest absolute Gasteiger partial charge is 0.352 e. The first kappa shape index (κ1) is 13.7. The molecular weight excluding hydrogens is 256 g/mol. The van der Waals surface area contributed by atoms with Crippen LogP contribution in [-0.4, -0.2) is 56.9 Å². The van der Waals surface area contributed by atoms with Crippen LogP contribution in [0.4, 0.5) is 0 Å². The number of nitrogens with one attached hydrogen (secondary N) is 3. The molecule has 1 aliphatic carbocycles. The maximum absolute atomic E-state index is 12.0. The summed E-state index contributed by atoms with van der Waals surface area (Å²) in [6.07, 6.45) is 1.98. The van der Waals surface area contributed by atoms with Crippen LogP contribution < -0.4 is 15.4 Å². The van der Waals surface area contributed by atoms with Crippen molar-refractivity contribution in [2.24, 2.45) is 0 Å². The summed E-state index contributed by atoms with van der Waals surface area (Å²) in [5.74, 6) is -0.254. The minimum absolute atomic E-state index is 0.239. The molecule has 1 unspecified atom stereocenters. The van der Waals surface area contributed by atoms with Gasteiger partial charge < -0.3 is 10.6 Å². The van der Waals surface area contributed by atoms with Gasteiger partial charge in [-0.2, -0.15) is 17.4 Å². The van der Waals surface area contributed by atoms with Crippen LogP contribution in [0.1, 0.15) is 19.8 Å². The Kier molecular flexibility index (Phi) is 4.21. The van der Waals surface area contributed by atoms with Crippen LogP contribution in [0.15, 0.2) is 0 Å². The third-order valence-electron chi connectivity index (χ3n) is 3.06. The zero-order valence-electron chi connectivity index (χ0n) is 10.5. The van der Waals surface area contributed by atoms with E-state index in [9.17, 15) is 13.2 Å². The van der Waals surface area contributed by atoms with Gasteiger partial charge in [0.05, 0.1) is 6.04 Å². The molecule has 1 heterocycles. The predicted octanol–water partition coefficient (Wildman–Crippen LogP) is -1.61. The number of hydrogen-bond donors (Lipinski definition) is 3. The van der Waals surface area contributed by atoms with Gasteiger partial charge in [-0.15, -0.1) is 0 Å². The molecule has 1 atom stereocenters. The molecule has 2 rings (SSSR count). The third-order valence-corrected chi connectivity index (χ3v) is 4.75. The first-order valence-electron chi connectivity index (χ1n) is 6.27. The second-order valence-electron chi connectivity index (χ2n) is 4.78. The van der Waals surface area contributed by atoms with Gasteiger partial charge in [0.1, 0.15) is 0 Å². The molecule has 0 aromatic carbocycles. The molecule has 2 fully saturated rings. The van der Waals surface area contributed by atoms with E-state index in [1.807, 2.05) is 0 Å². The van der Waals surface area contributed by atoms with Crippen molar-refractivity contribution >= 4 is 16.1 Å². The summed E-state index contributed by atoms with van der Waals surface area (Å²) >= 11 is 0. The van der Waals surface area contributed by atoms with Crippen molar-refractivity contribution in [1.29, 1.82) is 0 Å². The maximum atomic E-state index is 12.0. The second kappa shape index (κ2) is 5.52. The number of amides is 1. The highest BCUT2D eigenvalue weighted by Gasteiger charge is 2.30. The average molecular weight is 276 g/mol. The molecule has 3 N–H and O–H groups in total. The molecule has 8 heteroatoms. The number of rotatable bonds is 5. The van der Waals surface area contributed by atoms with Crippen molar-refractivity contribution in [3.63, 3.8) is 0 Å². The molecule has 104 valence electrons. The third kappa shape index (κ3) is 3.64. The fraction of sp³-hybridized carbons (Fsp3) is 0.900. The molecule has 1 aliphatic heterocycles. The Morgan fingerprint density at radius 3 is 2.50 bits per heavy atom. The Morgan fingerprint density at radius 1 is 1.33 bits per heavy atom. The van der Waals surface area contributed by atoms with Gasteiger partial charge in [-0.05, 0) is 19.8 Å². The fourth-order valence-corrected chi connectivity index (χ4v) is 3.16. The van der Waals surface area contributed by atoms with Gasteiger partial charge in [0.2, 0.25) is 5.91 Å². The Bertz CT molecular complexity index is 401. The van der Waals surface area contributed by atoms with Gasteiger partial charge in [-0.25, -0.2) is 0 Å². The van der Waals surface area contributed by atoms with Crippen LogP contribution in [0.25, 0.3) is 0 Å². The molecule has 2 aliphatic rings. The Hall–Kier alpha value is -0.700. The second-order valence-corrected chi connectivity index (χ2v) is 6.48. The molecule has 0 aromatic heterocycles. The van der Waals surface area contributed by atoms with Crippen molar-refractivity contribution in [3.8, 4) is 0 Å². The van der Waals surface area contributed by atoms with Crippen molar-refractivity contribution in [2.75, 3.05) is 26.2 Å². The predicted molar refractivity (Wildman–Crippen MR) is 67.1 cm³/mol. The molecule has 1 saturated heterocycles. The summed E-state index contributed by atoms with van der Waals surface area (Å²) in [4.78, 5) is 11.7. The van der Waals surface area contributed by atoms with E-state index in [0.717, 1.165) is 12.8 Å². The SMILES string of the molecule is CC(NS(=O)(=O)N1CCNCC1)C(=O)NC1CC1. The number of hydrogen-bond acceptors (Lipinski definition) is 4. The molecule has 0 aromatic rings. The van der Waals surface area contributed by atoms with Crippen LogP contribution >= 0.6 is 0 Å². The lowest BCUT2D eigenvalue weighted by Crippen LogP contribution is -2.54. The number of nitrogens with zero attached hydrogens (tertiary/aromatic N) is 1. The zero-order valence-corrected chi connectivity index (χ0v) is 11.3. The lowest BCUT2D eigenvalue weighted by molar-refractivity contribution is -0.122. The lowest BCUT2D eigenvalue weighted by atomic mass is 10.3. The smallest absolute Gasteiger partial charge is 0.280 e. The van der Waals surface area contributed by atoms with Crippen molar-refractivity contribution < 1.29 is 13.2 Å². The molecule has 0 bridgehead atoms. The molecule has 18 heavy (non-hydrogen) atoms. The van der Waals surface area contributed by atoms with Crippen LogP contribution in [0.2, 0.25) is 0 Å². The summed E-state index contributed by atoms with van der Waals surface area (Å²) in [6.45, 7) is 3.73. The summed E-state index contributed by atoms with van der Waals surface area (Å²) in [6, 6.07) is -0.492.